The number of carbonyl (C=O) groups excluding carboxylic acids is 2. The Bertz CT molecular complexity index is 1230. The number of unbranched alkanes of at least 4 members (excludes halogenated alkanes) is 1. The zero-order valence-corrected chi connectivity index (χ0v) is 28.5. The molecule has 0 radical (unpaired) electrons. The Labute approximate surface area is 280 Å². The normalized spacial score (nSPS) is 18.0. The predicted molar refractivity (Wildman–Crippen MR) is 182 cm³/mol. The summed E-state index contributed by atoms with van der Waals surface area (Å²) in [5.74, 6) is 1.77. The average molecular weight is 654 g/mol. The average Bonchev–Trinajstić information content (AvgIpc) is 3.56. The summed E-state index contributed by atoms with van der Waals surface area (Å²) in [5.41, 5.74) is 2.08. The smallest absolute Gasteiger partial charge is 0.311 e. The standard InChI is InChI=1S/C37H55N3O7/c1-44-17-9-10-18-47-35-14-8-7-13-30(35)19-28-15-16-40(26-28)37(43)36(42)39-33(22-27-11-5-4-6-12-27)34(41)25-38-24-29-20-31(45-2)23-32(21-29)46-3/h7-8,13-14,20-21,23,27-28,33-34,38,41H,4-6,9-12,15-19,22,24-26H2,1-3H3,(H,39,42)/t28-,33-,34+/m0/s1. The van der Waals surface area contributed by atoms with Crippen molar-refractivity contribution in [1.29, 1.82) is 0 Å². The van der Waals surface area contributed by atoms with Crippen LogP contribution in [0.1, 0.15) is 68.9 Å². The predicted octanol–water partition coefficient (Wildman–Crippen LogP) is 4.51. The van der Waals surface area contributed by atoms with Crippen molar-refractivity contribution in [2.45, 2.75) is 82.9 Å². The molecule has 1 saturated carbocycles. The lowest BCUT2D eigenvalue weighted by Crippen LogP contribution is -2.52. The number of aliphatic hydroxyl groups excluding tert-OH is 1. The van der Waals surface area contributed by atoms with Gasteiger partial charge in [-0.05, 0) is 73.3 Å². The SMILES string of the molecule is COCCCCOc1ccccc1C[C@@H]1CCN(C(=O)C(=O)N[C@@H](CC2CCCCC2)[C@H](O)CNCc2cc(OC)cc(OC)c2)C1. The van der Waals surface area contributed by atoms with Crippen molar-refractivity contribution >= 4 is 11.8 Å². The highest BCUT2D eigenvalue weighted by atomic mass is 16.5. The first-order valence-electron chi connectivity index (χ1n) is 17.3. The Kier molecular flexibility index (Phi) is 15.1. The number of hydrogen-bond donors (Lipinski definition) is 3. The lowest BCUT2D eigenvalue weighted by Gasteiger charge is -2.30. The third kappa shape index (κ3) is 11.7. The number of rotatable bonds is 18. The molecule has 3 atom stereocenters. The molecule has 0 spiro atoms. The van der Waals surface area contributed by atoms with Gasteiger partial charge in [-0.15, -0.1) is 0 Å². The summed E-state index contributed by atoms with van der Waals surface area (Å²) in [7, 11) is 4.93. The molecule has 1 aliphatic heterocycles. The van der Waals surface area contributed by atoms with E-state index in [9.17, 15) is 14.7 Å². The second kappa shape index (κ2) is 19.5. The van der Waals surface area contributed by atoms with Gasteiger partial charge in [0.2, 0.25) is 0 Å². The van der Waals surface area contributed by atoms with Crippen molar-refractivity contribution in [2.24, 2.45) is 11.8 Å². The highest BCUT2D eigenvalue weighted by Gasteiger charge is 2.33. The first-order chi connectivity index (χ1) is 22.9. The van der Waals surface area contributed by atoms with Gasteiger partial charge in [0.1, 0.15) is 17.2 Å². The molecule has 2 aliphatic rings. The fourth-order valence-corrected chi connectivity index (χ4v) is 6.78. The highest BCUT2D eigenvalue weighted by molar-refractivity contribution is 6.35. The maximum absolute atomic E-state index is 13.4. The number of likely N-dealkylation sites (tertiary alicyclic amines) is 1. The monoisotopic (exact) mass is 653 g/mol. The molecule has 3 N–H and O–H groups in total. The van der Waals surface area contributed by atoms with E-state index in [0.29, 0.717) is 50.1 Å². The molecule has 2 amide bonds. The van der Waals surface area contributed by atoms with Gasteiger partial charge in [0.15, 0.2) is 0 Å². The third-order valence-corrected chi connectivity index (χ3v) is 9.44. The molecule has 1 aliphatic carbocycles. The van der Waals surface area contributed by atoms with Crippen LogP contribution in [0.3, 0.4) is 0 Å². The molecule has 0 unspecified atom stereocenters. The number of aliphatic hydroxyl groups is 1. The van der Waals surface area contributed by atoms with Crippen molar-refractivity contribution in [1.82, 2.24) is 15.5 Å². The summed E-state index contributed by atoms with van der Waals surface area (Å²) in [5, 5.41) is 17.5. The van der Waals surface area contributed by atoms with Crippen molar-refractivity contribution < 1.29 is 33.6 Å². The Morgan fingerprint density at radius 3 is 2.38 bits per heavy atom. The van der Waals surface area contributed by atoms with Gasteiger partial charge in [0.25, 0.3) is 0 Å². The largest absolute Gasteiger partial charge is 0.497 e. The maximum atomic E-state index is 13.4. The summed E-state index contributed by atoms with van der Waals surface area (Å²) in [6.07, 6.45) is 9.00. The van der Waals surface area contributed by atoms with Gasteiger partial charge >= 0.3 is 11.8 Å². The molecule has 1 saturated heterocycles. The number of ether oxygens (including phenoxy) is 4. The minimum absolute atomic E-state index is 0.244. The molecular weight excluding hydrogens is 598 g/mol. The van der Waals surface area contributed by atoms with Gasteiger partial charge in [-0.1, -0.05) is 50.3 Å². The lowest BCUT2D eigenvalue weighted by atomic mass is 9.83. The van der Waals surface area contributed by atoms with E-state index in [1.54, 1.807) is 26.2 Å². The zero-order chi connectivity index (χ0) is 33.4. The van der Waals surface area contributed by atoms with Crippen LogP contribution in [-0.4, -0.2) is 88.1 Å². The Hall–Kier alpha value is -3.34. The van der Waals surface area contributed by atoms with Crippen LogP contribution in [0, 0.1) is 11.8 Å². The Balaban J connectivity index is 1.30. The van der Waals surface area contributed by atoms with Crippen LogP contribution >= 0.6 is 0 Å². The highest BCUT2D eigenvalue weighted by Crippen LogP contribution is 2.29. The minimum atomic E-state index is -0.849. The Morgan fingerprint density at radius 1 is 0.936 bits per heavy atom. The van der Waals surface area contributed by atoms with Crippen molar-refractivity contribution in [3.8, 4) is 17.2 Å². The molecule has 4 rings (SSSR count). The van der Waals surface area contributed by atoms with E-state index >= 15 is 0 Å². The fraction of sp³-hybridized carbons (Fsp3) is 0.622. The van der Waals surface area contributed by atoms with E-state index in [1.807, 2.05) is 36.4 Å². The molecule has 260 valence electrons. The van der Waals surface area contributed by atoms with E-state index in [1.165, 1.54) is 6.42 Å². The zero-order valence-electron chi connectivity index (χ0n) is 28.5. The number of hydrogen-bond acceptors (Lipinski definition) is 8. The first-order valence-corrected chi connectivity index (χ1v) is 17.3. The molecule has 2 aromatic carbocycles. The van der Waals surface area contributed by atoms with Crippen LogP contribution in [0.2, 0.25) is 0 Å². The summed E-state index contributed by atoms with van der Waals surface area (Å²) in [6.45, 7) is 3.18. The Morgan fingerprint density at radius 2 is 1.66 bits per heavy atom. The number of para-hydroxylation sites is 1. The number of methoxy groups -OCH3 is 3. The van der Waals surface area contributed by atoms with E-state index < -0.39 is 24.0 Å². The molecule has 2 aromatic rings. The first kappa shape index (κ1) is 36.5. The second-order valence-corrected chi connectivity index (χ2v) is 13.0. The summed E-state index contributed by atoms with van der Waals surface area (Å²) in [6, 6.07) is 13.2. The minimum Gasteiger partial charge on any atom is -0.497 e. The van der Waals surface area contributed by atoms with Gasteiger partial charge in [-0.3, -0.25) is 9.59 Å². The van der Waals surface area contributed by atoms with Crippen molar-refractivity contribution in [3.05, 3.63) is 53.6 Å². The van der Waals surface area contributed by atoms with Crippen LogP contribution in [0.5, 0.6) is 17.2 Å². The number of benzene rings is 2. The quantitative estimate of drug-likeness (QED) is 0.159. The van der Waals surface area contributed by atoms with Crippen LogP contribution in [0.4, 0.5) is 0 Å². The van der Waals surface area contributed by atoms with E-state index in [0.717, 1.165) is 74.8 Å². The molecule has 2 fully saturated rings. The van der Waals surface area contributed by atoms with Gasteiger partial charge in [0, 0.05) is 46.0 Å². The lowest BCUT2D eigenvalue weighted by molar-refractivity contribution is -0.146. The summed E-state index contributed by atoms with van der Waals surface area (Å²) < 4.78 is 21.9. The number of nitrogens with one attached hydrogen (secondary N) is 2. The van der Waals surface area contributed by atoms with Gasteiger partial charge in [-0.2, -0.15) is 0 Å². The van der Waals surface area contributed by atoms with Crippen LogP contribution in [0.25, 0.3) is 0 Å². The van der Waals surface area contributed by atoms with E-state index in [-0.39, 0.29) is 12.5 Å². The molecule has 1 heterocycles. The van der Waals surface area contributed by atoms with E-state index in [4.69, 9.17) is 18.9 Å². The third-order valence-electron chi connectivity index (χ3n) is 9.44. The molecule has 0 aromatic heterocycles. The summed E-state index contributed by atoms with van der Waals surface area (Å²) in [4.78, 5) is 28.4. The van der Waals surface area contributed by atoms with Crippen LogP contribution in [0.15, 0.2) is 42.5 Å². The second-order valence-electron chi connectivity index (χ2n) is 13.0. The molecule has 0 bridgehead atoms. The van der Waals surface area contributed by atoms with Crippen LogP contribution in [-0.2, 0) is 27.3 Å². The van der Waals surface area contributed by atoms with E-state index in [2.05, 4.69) is 16.7 Å². The maximum Gasteiger partial charge on any atom is 0.311 e. The molecular formula is C37H55N3O7. The topological polar surface area (TPSA) is 119 Å². The fourth-order valence-electron chi connectivity index (χ4n) is 6.78. The molecule has 47 heavy (non-hydrogen) atoms. The molecule has 10 heteroatoms. The van der Waals surface area contributed by atoms with Gasteiger partial charge in [0.05, 0.1) is 33.0 Å². The van der Waals surface area contributed by atoms with Crippen molar-refractivity contribution in [2.75, 3.05) is 54.2 Å². The molecule has 10 nitrogen and oxygen atoms in total. The number of amides is 2. The van der Waals surface area contributed by atoms with Gasteiger partial charge in [-0.25, -0.2) is 0 Å². The summed E-state index contributed by atoms with van der Waals surface area (Å²) >= 11 is 0. The number of carbonyl (C=O) groups is 2. The van der Waals surface area contributed by atoms with Gasteiger partial charge < -0.3 is 39.6 Å². The van der Waals surface area contributed by atoms with Crippen molar-refractivity contribution in [3.63, 3.8) is 0 Å². The van der Waals surface area contributed by atoms with Crippen LogP contribution < -0.4 is 24.8 Å². The number of nitrogens with zero attached hydrogens (tertiary/aromatic N) is 1.